The fourth-order valence-corrected chi connectivity index (χ4v) is 2.75. The summed E-state index contributed by atoms with van der Waals surface area (Å²) in [5.74, 6) is 0. The molecule has 0 saturated carbocycles. The summed E-state index contributed by atoms with van der Waals surface area (Å²) in [4.78, 5) is 23.7. The van der Waals surface area contributed by atoms with Crippen LogP contribution in [0.2, 0.25) is 0 Å². The van der Waals surface area contributed by atoms with Crippen LogP contribution in [-0.2, 0) is 9.78 Å². The van der Waals surface area contributed by atoms with Gasteiger partial charge in [0.2, 0.25) is 0 Å². The minimum absolute atomic E-state index is 0.468. The van der Waals surface area contributed by atoms with Crippen LogP contribution in [0.15, 0.2) is 60.7 Å². The second kappa shape index (κ2) is 6.17. The summed E-state index contributed by atoms with van der Waals surface area (Å²) in [7, 11) is 0. The van der Waals surface area contributed by atoms with Gasteiger partial charge in [0.1, 0.15) is 6.10 Å². The topological polar surface area (TPSA) is 59.0 Å². The highest BCUT2D eigenvalue weighted by molar-refractivity contribution is 5.66. The summed E-state index contributed by atoms with van der Waals surface area (Å²) in [5.41, 5.74) is 1.74. The Hall–Kier alpha value is -2.37. The predicted octanol–water partition coefficient (Wildman–Crippen LogP) is 3.76. The predicted molar refractivity (Wildman–Crippen MR) is 79.9 cm³/mol. The van der Waals surface area contributed by atoms with Crippen LogP contribution in [0.25, 0.3) is 0 Å². The summed E-state index contributed by atoms with van der Waals surface area (Å²) in [6.07, 6.45) is -2.23. The van der Waals surface area contributed by atoms with Gasteiger partial charge in [0.15, 0.2) is 6.23 Å². The third-order valence-corrected chi connectivity index (χ3v) is 3.77. The first-order valence-electron chi connectivity index (χ1n) is 7.12. The molecule has 2 aromatic carbocycles. The molecule has 0 bridgehead atoms. The zero-order valence-corrected chi connectivity index (χ0v) is 12.1. The molecule has 114 valence electrons. The Kier molecular flexibility index (Phi) is 4.09. The number of hydrogen-bond donors (Lipinski definition) is 1. The summed E-state index contributed by atoms with van der Waals surface area (Å²) in [5, 5.41) is 9.60. The molecule has 1 aliphatic heterocycles. The lowest BCUT2D eigenvalue weighted by atomic mass is 9.94. The largest absolute Gasteiger partial charge is 0.465 e. The molecule has 1 N–H and O–H groups in total. The van der Waals surface area contributed by atoms with Crippen molar-refractivity contribution >= 4 is 6.09 Å². The maximum absolute atomic E-state index is 11.7. The molecule has 0 aromatic heterocycles. The van der Waals surface area contributed by atoms with Crippen LogP contribution in [0.1, 0.15) is 30.2 Å². The number of benzene rings is 2. The average molecular weight is 299 g/mol. The van der Waals surface area contributed by atoms with Gasteiger partial charge in [-0.2, -0.15) is 0 Å². The van der Waals surface area contributed by atoms with E-state index < -0.39 is 24.5 Å². The first-order valence-corrected chi connectivity index (χ1v) is 7.12. The van der Waals surface area contributed by atoms with E-state index in [1.807, 2.05) is 60.7 Å². The van der Waals surface area contributed by atoms with Crippen LogP contribution in [0.3, 0.4) is 0 Å². The van der Waals surface area contributed by atoms with Gasteiger partial charge in [0.05, 0.1) is 6.04 Å². The summed E-state index contributed by atoms with van der Waals surface area (Å²) in [6, 6.07) is 18.5. The van der Waals surface area contributed by atoms with Crippen molar-refractivity contribution in [2.24, 2.45) is 0 Å². The normalized spacial score (nSPS) is 25.0. The lowest BCUT2D eigenvalue weighted by molar-refractivity contribution is -0.414. The molecule has 3 atom stereocenters. The van der Waals surface area contributed by atoms with E-state index in [0.29, 0.717) is 0 Å². The molecule has 2 aromatic rings. The van der Waals surface area contributed by atoms with Crippen LogP contribution in [0.5, 0.6) is 0 Å². The quantitative estimate of drug-likeness (QED) is 0.858. The van der Waals surface area contributed by atoms with Gasteiger partial charge in [-0.15, -0.1) is 0 Å². The van der Waals surface area contributed by atoms with Gasteiger partial charge < -0.3 is 5.11 Å². The van der Waals surface area contributed by atoms with E-state index >= 15 is 0 Å². The van der Waals surface area contributed by atoms with Crippen molar-refractivity contribution < 1.29 is 19.7 Å². The summed E-state index contributed by atoms with van der Waals surface area (Å²) in [6.45, 7) is 1.66. The van der Waals surface area contributed by atoms with Gasteiger partial charge in [-0.3, -0.25) is 4.90 Å². The van der Waals surface area contributed by atoms with E-state index in [2.05, 4.69) is 0 Å². The van der Waals surface area contributed by atoms with Gasteiger partial charge >= 0.3 is 6.09 Å². The van der Waals surface area contributed by atoms with Crippen LogP contribution in [0.4, 0.5) is 4.79 Å². The molecule has 1 amide bonds. The Bertz CT molecular complexity index is 632. The van der Waals surface area contributed by atoms with Crippen molar-refractivity contribution in [1.82, 2.24) is 4.90 Å². The maximum atomic E-state index is 11.7. The molecule has 1 fully saturated rings. The van der Waals surface area contributed by atoms with Gasteiger partial charge in [-0.25, -0.2) is 14.6 Å². The SMILES string of the molecule is C[C@@H]1OO[C@H](c2ccccc2)[C@H](c2ccccc2)N1C(=O)O. The molecule has 1 saturated heterocycles. The standard InChI is InChI=1S/C17H17NO4/c1-12-18(17(19)20)15(13-8-4-2-5-9-13)16(22-21-12)14-10-6-3-7-11-14/h2-12,15-16H,1H3,(H,19,20)/t12-,15-,16+/m0/s1. The number of rotatable bonds is 2. The number of hydrogen-bond acceptors (Lipinski definition) is 3. The summed E-state index contributed by atoms with van der Waals surface area (Å²) < 4.78 is 0. The molecular formula is C17H17NO4. The van der Waals surface area contributed by atoms with Crippen LogP contribution >= 0.6 is 0 Å². The molecule has 22 heavy (non-hydrogen) atoms. The van der Waals surface area contributed by atoms with Gasteiger partial charge in [-0.05, 0) is 18.1 Å². The highest BCUT2D eigenvalue weighted by Crippen LogP contribution is 2.41. The van der Waals surface area contributed by atoms with E-state index in [9.17, 15) is 9.90 Å². The molecule has 0 aliphatic carbocycles. The van der Waals surface area contributed by atoms with Crippen LogP contribution in [0, 0.1) is 0 Å². The van der Waals surface area contributed by atoms with Crippen molar-refractivity contribution in [3.63, 3.8) is 0 Å². The number of carboxylic acid groups (broad SMARTS) is 1. The van der Waals surface area contributed by atoms with Gasteiger partial charge in [0.25, 0.3) is 0 Å². The van der Waals surface area contributed by atoms with E-state index in [1.54, 1.807) is 6.92 Å². The van der Waals surface area contributed by atoms with Crippen molar-refractivity contribution in [2.75, 3.05) is 0 Å². The maximum Gasteiger partial charge on any atom is 0.410 e. The molecule has 0 spiro atoms. The minimum Gasteiger partial charge on any atom is -0.465 e. The Morgan fingerprint density at radius 3 is 2.05 bits per heavy atom. The fourth-order valence-electron chi connectivity index (χ4n) is 2.75. The number of nitrogens with zero attached hydrogens (tertiary/aromatic N) is 1. The molecular weight excluding hydrogens is 282 g/mol. The second-order valence-electron chi connectivity index (χ2n) is 5.17. The average Bonchev–Trinajstić information content (AvgIpc) is 2.56. The van der Waals surface area contributed by atoms with Crippen molar-refractivity contribution in [3.05, 3.63) is 71.8 Å². The highest BCUT2D eigenvalue weighted by atomic mass is 17.2. The molecule has 1 aliphatic rings. The number of carbonyl (C=O) groups is 1. The van der Waals surface area contributed by atoms with Gasteiger partial charge in [0, 0.05) is 0 Å². The second-order valence-corrected chi connectivity index (χ2v) is 5.17. The fraction of sp³-hybridized carbons (Fsp3) is 0.235. The zero-order valence-electron chi connectivity index (χ0n) is 12.1. The zero-order chi connectivity index (χ0) is 15.5. The van der Waals surface area contributed by atoms with E-state index in [4.69, 9.17) is 9.78 Å². The van der Waals surface area contributed by atoms with Crippen molar-refractivity contribution in [3.8, 4) is 0 Å². The van der Waals surface area contributed by atoms with E-state index in [-0.39, 0.29) is 0 Å². The van der Waals surface area contributed by atoms with E-state index in [1.165, 1.54) is 4.90 Å². The van der Waals surface area contributed by atoms with Gasteiger partial charge in [-0.1, -0.05) is 60.7 Å². The summed E-state index contributed by atoms with van der Waals surface area (Å²) >= 11 is 0. The third-order valence-electron chi connectivity index (χ3n) is 3.77. The first-order chi connectivity index (χ1) is 10.7. The number of amides is 1. The molecule has 0 radical (unpaired) electrons. The highest BCUT2D eigenvalue weighted by Gasteiger charge is 2.42. The monoisotopic (exact) mass is 299 g/mol. The Morgan fingerprint density at radius 2 is 1.50 bits per heavy atom. The first kappa shape index (κ1) is 14.6. The van der Waals surface area contributed by atoms with Crippen molar-refractivity contribution in [1.29, 1.82) is 0 Å². The third kappa shape index (κ3) is 2.68. The molecule has 5 nitrogen and oxygen atoms in total. The molecule has 5 heteroatoms. The van der Waals surface area contributed by atoms with Crippen LogP contribution in [-0.4, -0.2) is 22.3 Å². The van der Waals surface area contributed by atoms with E-state index in [0.717, 1.165) is 11.1 Å². The Balaban J connectivity index is 2.06. The molecule has 1 heterocycles. The Labute approximate surface area is 128 Å². The minimum atomic E-state index is -1.04. The molecule has 3 rings (SSSR count). The van der Waals surface area contributed by atoms with Crippen molar-refractivity contribution in [2.45, 2.75) is 25.3 Å². The lowest BCUT2D eigenvalue weighted by Crippen LogP contribution is -2.48. The van der Waals surface area contributed by atoms with Crippen LogP contribution < -0.4 is 0 Å². The smallest absolute Gasteiger partial charge is 0.410 e. The lowest BCUT2D eigenvalue weighted by Gasteiger charge is -2.42. The molecule has 0 unspecified atom stereocenters. The Morgan fingerprint density at radius 1 is 0.955 bits per heavy atom.